The van der Waals surface area contributed by atoms with Crippen LogP contribution in [0.5, 0.6) is 11.5 Å². The van der Waals surface area contributed by atoms with Crippen molar-refractivity contribution in [3.63, 3.8) is 0 Å². The van der Waals surface area contributed by atoms with Crippen LogP contribution in [0.3, 0.4) is 0 Å². The summed E-state index contributed by atoms with van der Waals surface area (Å²) in [4.78, 5) is 15.2. The van der Waals surface area contributed by atoms with E-state index in [2.05, 4.69) is 4.90 Å². The fourth-order valence-corrected chi connectivity index (χ4v) is 3.53. The third-order valence-corrected chi connectivity index (χ3v) is 4.84. The maximum absolute atomic E-state index is 13.4. The van der Waals surface area contributed by atoms with Gasteiger partial charge in [-0.05, 0) is 55.3 Å². The van der Waals surface area contributed by atoms with Crippen molar-refractivity contribution in [3.8, 4) is 11.5 Å². The van der Waals surface area contributed by atoms with E-state index in [0.29, 0.717) is 30.2 Å². The first-order valence-electron chi connectivity index (χ1n) is 8.83. The highest BCUT2D eigenvalue weighted by Gasteiger charge is 2.27. The van der Waals surface area contributed by atoms with E-state index in [1.54, 1.807) is 44.6 Å². The molecule has 0 aromatic heterocycles. The number of piperidine rings is 1. The molecule has 0 unspecified atom stereocenters. The third kappa shape index (κ3) is 4.22. The minimum Gasteiger partial charge on any atom is -0.493 e. The van der Waals surface area contributed by atoms with Gasteiger partial charge in [-0.2, -0.15) is 0 Å². The SMILES string of the molecule is COc1ccc(C(=O)[C@H]2CCCN(Cc3cccc(F)c3)C2)cc1OC. The van der Waals surface area contributed by atoms with Gasteiger partial charge in [-0.25, -0.2) is 4.39 Å². The Kier molecular flexibility index (Phi) is 5.89. The lowest BCUT2D eigenvalue weighted by Gasteiger charge is -2.32. The Bertz CT molecular complexity index is 778. The van der Waals surface area contributed by atoms with Gasteiger partial charge in [-0.1, -0.05) is 12.1 Å². The van der Waals surface area contributed by atoms with Crippen LogP contribution in [0, 0.1) is 11.7 Å². The zero-order valence-corrected chi connectivity index (χ0v) is 15.2. The van der Waals surface area contributed by atoms with Gasteiger partial charge in [0, 0.05) is 24.6 Å². The first kappa shape index (κ1) is 18.4. The molecule has 0 radical (unpaired) electrons. The molecule has 138 valence electrons. The van der Waals surface area contributed by atoms with Gasteiger partial charge in [0.25, 0.3) is 0 Å². The lowest BCUT2D eigenvalue weighted by atomic mass is 9.89. The van der Waals surface area contributed by atoms with Crippen LogP contribution in [0.25, 0.3) is 0 Å². The second-order valence-electron chi connectivity index (χ2n) is 6.64. The molecular formula is C21H24FNO3. The third-order valence-electron chi connectivity index (χ3n) is 4.84. The summed E-state index contributed by atoms with van der Waals surface area (Å²) in [7, 11) is 3.14. The minimum absolute atomic E-state index is 0.0598. The molecule has 1 atom stereocenters. The largest absolute Gasteiger partial charge is 0.493 e. The van der Waals surface area contributed by atoms with E-state index in [0.717, 1.165) is 24.9 Å². The predicted molar refractivity (Wildman–Crippen MR) is 98.3 cm³/mol. The van der Waals surface area contributed by atoms with E-state index in [9.17, 15) is 9.18 Å². The second kappa shape index (κ2) is 8.32. The van der Waals surface area contributed by atoms with Crippen molar-refractivity contribution in [2.75, 3.05) is 27.3 Å². The molecule has 0 saturated carbocycles. The summed E-state index contributed by atoms with van der Waals surface area (Å²) in [6.45, 7) is 2.27. The Balaban J connectivity index is 1.70. The summed E-state index contributed by atoms with van der Waals surface area (Å²) in [5.74, 6) is 1.01. The number of benzene rings is 2. The number of hydrogen-bond acceptors (Lipinski definition) is 4. The average Bonchev–Trinajstić information content (AvgIpc) is 2.67. The van der Waals surface area contributed by atoms with Crippen LogP contribution in [0.2, 0.25) is 0 Å². The molecule has 4 nitrogen and oxygen atoms in total. The lowest BCUT2D eigenvalue weighted by molar-refractivity contribution is 0.0811. The summed E-state index contributed by atoms with van der Waals surface area (Å²) in [5.41, 5.74) is 1.57. The fraction of sp³-hybridized carbons (Fsp3) is 0.381. The smallest absolute Gasteiger partial charge is 0.167 e. The van der Waals surface area contributed by atoms with Crippen molar-refractivity contribution in [1.82, 2.24) is 4.90 Å². The van der Waals surface area contributed by atoms with Crippen LogP contribution in [-0.4, -0.2) is 38.0 Å². The van der Waals surface area contributed by atoms with Gasteiger partial charge in [-0.15, -0.1) is 0 Å². The molecule has 2 aromatic rings. The summed E-state index contributed by atoms with van der Waals surface area (Å²) >= 11 is 0. The van der Waals surface area contributed by atoms with Gasteiger partial charge < -0.3 is 9.47 Å². The molecule has 3 rings (SSSR count). The van der Waals surface area contributed by atoms with Crippen LogP contribution < -0.4 is 9.47 Å². The number of carbonyl (C=O) groups is 1. The number of rotatable bonds is 6. The zero-order valence-electron chi connectivity index (χ0n) is 15.2. The van der Waals surface area contributed by atoms with Gasteiger partial charge >= 0.3 is 0 Å². The van der Waals surface area contributed by atoms with Crippen LogP contribution in [0.1, 0.15) is 28.8 Å². The molecule has 0 bridgehead atoms. The number of carbonyl (C=O) groups excluding carboxylic acids is 1. The normalized spacial score (nSPS) is 17.7. The minimum atomic E-state index is -0.225. The molecule has 0 amide bonds. The number of ketones is 1. The molecule has 1 heterocycles. The number of hydrogen-bond donors (Lipinski definition) is 0. The van der Waals surface area contributed by atoms with Gasteiger partial charge in [0.1, 0.15) is 5.82 Å². The van der Waals surface area contributed by atoms with Crippen molar-refractivity contribution in [2.24, 2.45) is 5.92 Å². The molecule has 1 fully saturated rings. The molecule has 5 heteroatoms. The Morgan fingerprint density at radius 3 is 2.69 bits per heavy atom. The highest BCUT2D eigenvalue weighted by Crippen LogP contribution is 2.30. The number of methoxy groups -OCH3 is 2. The van der Waals surface area contributed by atoms with Crippen molar-refractivity contribution in [1.29, 1.82) is 0 Å². The molecule has 1 aliphatic heterocycles. The first-order chi connectivity index (χ1) is 12.6. The first-order valence-corrected chi connectivity index (χ1v) is 8.83. The molecule has 2 aromatic carbocycles. The second-order valence-corrected chi connectivity index (χ2v) is 6.64. The molecule has 0 aliphatic carbocycles. The van der Waals surface area contributed by atoms with Gasteiger partial charge in [0.05, 0.1) is 14.2 Å². The number of Topliss-reactive ketones (excluding diaryl/α,β-unsaturated/α-hetero) is 1. The van der Waals surface area contributed by atoms with Crippen molar-refractivity contribution in [2.45, 2.75) is 19.4 Å². The van der Waals surface area contributed by atoms with Crippen LogP contribution in [-0.2, 0) is 6.54 Å². The van der Waals surface area contributed by atoms with E-state index in [4.69, 9.17) is 9.47 Å². The summed E-state index contributed by atoms with van der Waals surface area (Å²) < 4.78 is 23.9. The highest BCUT2D eigenvalue weighted by molar-refractivity contribution is 5.98. The quantitative estimate of drug-likeness (QED) is 0.734. The van der Waals surface area contributed by atoms with Gasteiger partial charge in [0.15, 0.2) is 17.3 Å². The van der Waals surface area contributed by atoms with E-state index in [1.165, 1.54) is 6.07 Å². The van der Waals surface area contributed by atoms with Crippen molar-refractivity contribution in [3.05, 3.63) is 59.4 Å². The Morgan fingerprint density at radius 1 is 1.15 bits per heavy atom. The van der Waals surface area contributed by atoms with E-state index in [-0.39, 0.29) is 17.5 Å². The molecular weight excluding hydrogens is 333 g/mol. The maximum Gasteiger partial charge on any atom is 0.167 e. The highest BCUT2D eigenvalue weighted by atomic mass is 19.1. The Morgan fingerprint density at radius 2 is 1.96 bits per heavy atom. The van der Waals surface area contributed by atoms with Crippen LogP contribution in [0.15, 0.2) is 42.5 Å². The lowest BCUT2D eigenvalue weighted by Crippen LogP contribution is -2.38. The monoisotopic (exact) mass is 357 g/mol. The molecule has 0 spiro atoms. The van der Waals surface area contributed by atoms with E-state index in [1.807, 2.05) is 6.07 Å². The fourth-order valence-electron chi connectivity index (χ4n) is 3.53. The number of likely N-dealkylation sites (tertiary alicyclic amines) is 1. The molecule has 1 saturated heterocycles. The van der Waals surface area contributed by atoms with Crippen molar-refractivity contribution < 1.29 is 18.7 Å². The standard InChI is InChI=1S/C21H24FNO3/c1-25-19-9-8-16(12-20(19)26-2)21(24)17-6-4-10-23(14-17)13-15-5-3-7-18(22)11-15/h3,5,7-9,11-12,17H,4,6,10,13-14H2,1-2H3/t17-/m0/s1. The van der Waals surface area contributed by atoms with Crippen LogP contribution in [0.4, 0.5) is 4.39 Å². The molecule has 1 aliphatic rings. The summed E-state index contributed by atoms with van der Waals surface area (Å²) in [6.07, 6.45) is 1.83. The van der Waals surface area contributed by atoms with Crippen molar-refractivity contribution >= 4 is 5.78 Å². The maximum atomic E-state index is 13.4. The summed E-state index contributed by atoms with van der Waals surface area (Å²) in [6, 6.07) is 11.9. The number of nitrogens with zero attached hydrogens (tertiary/aromatic N) is 1. The van der Waals surface area contributed by atoms with Gasteiger partial charge in [0.2, 0.25) is 0 Å². The molecule has 26 heavy (non-hydrogen) atoms. The predicted octanol–water partition coefficient (Wildman–Crippen LogP) is 3.94. The number of halogens is 1. The van der Waals surface area contributed by atoms with Crippen LogP contribution >= 0.6 is 0 Å². The average molecular weight is 357 g/mol. The van der Waals surface area contributed by atoms with Gasteiger partial charge in [-0.3, -0.25) is 9.69 Å². The topological polar surface area (TPSA) is 38.8 Å². The summed E-state index contributed by atoms with van der Waals surface area (Å²) in [5, 5.41) is 0. The Hall–Kier alpha value is -2.40. The van der Waals surface area contributed by atoms with E-state index >= 15 is 0 Å². The van der Waals surface area contributed by atoms with E-state index < -0.39 is 0 Å². The Labute approximate surface area is 153 Å². The zero-order chi connectivity index (χ0) is 18.5. The molecule has 0 N–H and O–H groups in total. The number of ether oxygens (including phenoxy) is 2.